The Labute approximate surface area is 85.4 Å². The number of nitrogens with zero attached hydrogens (tertiary/aromatic N) is 1. The van der Waals surface area contributed by atoms with Gasteiger partial charge in [-0.2, -0.15) is 0 Å². The number of ketones is 1. The summed E-state index contributed by atoms with van der Waals surface area (Å²) in [4.78, 5) is 15.7. The van der Waals surface area contributed by atoms with Crippen molar-refractivity contribution in [3.8, 4) is 0 Å². The van der Waals surface area contributed by atoms with Gasteiger partial charge in [-0.3, -0.25) is 9.78 Å². The molecule has 14 heavy (non-hydrogen) atoms. The maximum Gasteiger partial charge on any atom is 0.140 e. The van der Waals surface area contributed by atoms with E-state index in [4.69, 9.17) is 0 Å². The average Bonchev–Trinajstić information content (AvgIpc) is 2.18. The van der Waals surface area contributed by atoms with E-state index in [-0.39, 0.29) is 5.92 Å². The Morgan fingerprint density at radius 2 is 2.14 bits per heavy atom. The normalized spacial score (nSPS) is 12.9. The van der Waals surface area contributed by atoms with Crippen LogP contribution >= 0.6 is 0 Å². The summed E-state index contributed by atoms with van der Waals surface area (Å²) >= 11 is 0. The van der Waals surface area contributed by atoms with E-state index in [1.807, 2.05) is 19.1 Å². The van der Waals surface area contributed by atoms with E-state index in [0.717, 1.165) is 5.56 Å². The van der Waals surface area contributed by atoms with Crippen LogP contribution in [0.4, 0.5) is 0 Å². The first-order valence-electron chi connectivity index (χ1n) is 5.03. The van der Waals surface area contributed by atoms with Crippen molar-refractivity contribution in [2.45, 2.75) is 27.2 Å². The molecule has 2 heteroatoms. The fourth-order valence-electron chi connectivity index (χ4n) is 1.24. The monoisotopic (exact) mass is 191 g/mol. The number of aromatic nitrogens is 1. The number of Topliss-reactive ketones (excluding diaryl/α,β-unsaturated/α-hetero) is 1. The fraction of sp³-hybridized carbons (Fsp3) is 0.500. The van der Waals surface area contributed by atoms with Crippen molar-refractivity contribution in [2.24, 2.45) is 11.8 Å². The van der Waals surface area contributed by atoms with Crippen LogP contribution in [0.25, 0.3) is 0 Å². The van der Waals surface area contributed by atoms with Gasteiger partial charge in [0.15, 0.2) is 0 Å². The Kier molecular flexibility index (Phi) is 3.81. The first kappa shape index (κ1) is 10.9. The minimum Gasteiger partial charge on any atom is -0.299 e. The van der Waals surface area contributed by atoms with Crippen LogP contribution in [0.3, 0.4) is 0 Å². The predicted octanol–water partition coefficient (Wildman–Crippen LogP) is 2.49. The summed E-state index contributed by atoms with van der Waals surface area (Å²) in [6.07, 6.45) is 3.98. The Morgan fingerprint density at radius 3 is 2.64 bits per heavy atom. The summed E-state index contributed by atoms with van der Waals surface area (Å²) in [6, 6.07) is 3.81. The lowest BCUT2D eigenvalue weighted by molar-refractivity contribution is -0.122. The third kappa shape index (κ3) is 2.95. The van der Waals surface area contributed by atoms with Crippen LogP contribution in [0.2, 0.25) is 0 Å². The molecule has 1 aromatic rings. The molecule has 0 aliphatic carbocycles. The van der Waals surface area contributed by atoms with E-state index in [1.54, 1.807) is 12.4 Å². The second kappa shape index (κ2) is 4.89. The van der Waals surface area contributed by atoms with Crippen molar-refractivity contribution < 1.29 is 4.79 Å². The number of carbonyl (C=O) groups is 1. The van der Waals surface area contributed by atoms with Gasteiger partial charge in [-0.05, 0) is 17.5 Å². The molecule has 0 saturated carbocycles. The molecule has 0 radical (unpaired) electrons. The third-order valence-corrected chi connectivity index (χ3v) is 2.61. The highest BCUT2D eigenvalue weighted by Crippen LogP contribution is 2.13. The molecule has 0 spiro atoms. The summed E-state index contributed by atoms with van der Waals surface area (Å²) in [5, 5.41) is 0. The van der Waals surface area contributed by atoms with Crippen molar-refractivity contribution in [1.29, 1.82) is 0 Å². The lowest BCUT2D eigenvalue weighted by Crippen LogP contribution is -2.18. The number of rotatable bonds is 4. The first-order valence-corrected chi connectivity index (χ1v) is 5.03. The van der Waals surface area contributed by atoms with Gasteiger partial charge < -0.3 is 0 Å². The molecule has 0 bridgehead atoms. The standard InChI is InChI=1S/C12H17NO/c1-9(2)10(3)12(14)7-11-5-4-6-13-8-11/h4-6,8-10H,7H2,1-3H3. The summed E-state index contributed by atoms with van der Waals surface area (Å²) in [5.41, 5.74) is 1.00. The van der Waals surface area contributed by atoms with Gasteiger partial charge in [-0.25, -0.2) is 0 Å². The topological polar surface area (TPSA) is 30.0 Å². The summed E-state index contributed by atoms with van der Waals surface area (Å²) in [7, 11) is 0. The molecule has 76 valence electrons. The second-order valence-electron chi connectivity index (χ2n) is 4.04. The highest BCUT2D eigenvalue weighted by atomic mass is 16.1. The fourth-order valence-corrected chi connectivity index (χ4v) is 1.24. The average molecular weight is 191 g/mol. The molecule has 1 aromatic heterocycles. The van der Waals surface area contributed by atoms with E-state index in [9.17, 15) is 4.79 Å². The van der Waals surface area contributed by atoms with E-state index in [2.05, 4.69) is 18.8 Å². The van der Waals surface area contributed by atoms with Crippen LogP contribution in [0, 0.1) is 11.8 Å². The number of hydrogen-bond acceptors (Lipinski definition) is 2. The van der Waals surface area contributed by atoms with Crippen molar-refractivity contribution in [3.05, 3.63) is 30.1 Å². The minimum absolute atomic E-state index is 0.134. The quantitative estimate of drug-likeness (QED) is 0.731. The molecular formula is C12H17NO. The Hall–Kier alpha value is -1.18. The van der Waals surface area contributed by atoms with Gasteiger partial charge in [0.05, 0.1) is 0 Å². The summed E-state index contributed by atoms with van der Waals surface area (Å²) < 4.78 is 0. The molecule has 1 unspecified atom stereocenters. The summed E-state index contributed by atoms with van der Waals surface area (Å²) in [6.45, 7) is 6.14. The van der Waals surface area contributed by atoms with Gasteiger partial charge in [-0.15, -0.1) is 0 Å². The van der Waals surface area contributed by atoms with Gasteiger partial charge in [0, 0.05) is 24.7 Å². The highest BCUT2D eigenvalue weighted by Gasteiger charge is 2.16. The molecule has 0 amide bonds. The summed E-state index contributed by atoms with van der Waals surface area (Å²) in [5.74, 6) is 0.849. The van der Waals surface area contributed by atoms with Gasteiger partial charge in [0.2, 0.25) is 0 Å². The molecule has 1 heterocycles. The molecule has 1 rings (SSSR count). The van der Waals surface area contributed by atoms with E-state index >= 15 is 0 Å². The maximum absolute atomic E-state index is 11.7. The van der Waals surface area contributed by atoms with Crippen LogP contribution in [-0.2, 0) is 11.2 Å². The Balaban J connectivity index is 2.58. The molecular weight excluding hydrogens is 174 g/mol. The van der Waals surface area contributed by atoms with Crippen LogP contribution in [0.1, 0.15) is 26.3 Å². The van der Waals surface area contributed by atoms with Crippen LogP contribution in [0.5, 0.6) is 0 Å². The number of pyridine rings is 1. The predicted molar refractivity (Wildman–Crippen MR) is 57.0 cm³/mol. The maximum atomic E-state index is 11.7. The molecule has 0 aliphatic rings. The molecule has 0 N–H and O–H groups in total. The van der Waals surface area contributed by atoms with E-state index in [1.165, 1.54) is 0 Å². The molecule has 2 nitrogen and oxygen atoms in total. The van der Waals surface area contributed by atoms with Crippen molar-refractivity contribution in [1.82, 2.24) is 4.98 Å². The molecule has 0 fully saturated rings. The smallest absolute Gasteiger partial charge is 0.140 e. The second-order valence-corrected chi connectivity index (χ2v) is 4.04. The number of carbonyl (C=O) groups excluding carboxylic acids is 1. The van der Waals surface area contributed by atoms with Gasteiger partial charge in [-0.1, -0.05) is 26.8 Å². The van der Waals surface area contributed by atoms with E-state index in [0.29, 0.717) is 18.1 Å². The number of hydrogen-bond donors (Lipinski definition) is 0. The first-order chi connectivity index (χ1) is 6.61. The van der Waals surface area contributed by atoms with Crippen molar-refractivity contribution in [2.75, 3.05) is 0 Å². The van der Waals surface area contributed by atoms with Crippen LogP contribution in [-0.4, -0.2) is 10.8 Å². The molecule has 1 atom stereocenters. The van der Waals surface area contributed by atoms with E-state index < -0.39 is 0 Å². The lowest BCUT2D eigenvalue weighted by atomic mass is 9.90. The van der Waals surface area contributed by atoms with Crippen LogP contribution in [0.15, 0.2) is 24.5 Å². The SMILES string of the molecule is CC(C)C(C)C(=O)Cc1cccnc1. The van der Waals surface area contributed by atoms with Crippen LogP contribution < -0.4 is 0 Å². The zero-order valence-electron chi connectivity index (χ0n) is 9.03. The van der Waals surface area contributed by atoms with Gasteiger partial charge in [0.1, 0.15) is 5.78 Å². The largest absolute Gasteiger partial charge is 0.299 e. The zero-order valence-corrected chi connectivity index (χ0v) is 9.03. The molecule has 0 saturated heterocycles. The van der Waals surface area contributed by atoms with Crippen molar-refractivity contribution in [3.63, 3.8) is 0 Å². The lowest BCUT2D eigenvalue weighted by Gasteiger charge is -2.13. The van der Waals surface area contributed by atoms with Gasteiger partial charge in [0.25, 0.3) is 0 Å². The highest BCUT2D eigenvalue weighted by molar-refractivity contribution is 5.83. The zero-order chi connectivity index (χ0) is 10.6. The minimum atomic E-state index is 0.134. The molecule has 0 aliphatic heterocycles. The van der Waals surface area contributed by atoms with Gasteiger partial charge >= 0.3 is 0 Å². The van der Waals surface area contributed by atoms with Crippen molar-refractivity contribution >= 4 is 5.78 Å². The Bertz CT molecular complexity index is 292. The third-order valence-electron chi connectivity index (χ3n) is 2.61. The Morgan fingerprint density at radius 1 is 1.43 bits per heavy atom. The molecule has 0 aromatic carbocycles.